The zero-order valence-electron chi connectivity index (χ0n) is 31.9. The molecule has 294 valence electrons. The zero-order valence-corrected chi connectivity index (χ0v) is 31.9. The molecule has 9 nitrogen and oxygen atoms in total. The summed E-state index contributed by atoms with van der Waals surface area (Å²) in [6.45, 7) is 4.47. The summed E-state index contributed by atoms with van der Waals surface area (Å²) < 4.78 is 22.7. The van der Waals surface area contributed by atoms with Crippen molar-refractivity contribution in [2.24, 2.45) is 0 Å². The van der Waals surface area contributed by atoms with Crippen LogP contribution in [0, 0.1) is 0 Å². The molecule has 0 aromatic heterocycles. The second-order valence-corrected chi connectivity index (χ2v) is 14.1. The van der Waals surface area contributed by atoms with Crippen molar-refractivity contribution in [2.45, 2.75) is 205 Å². The fourth-order valence-corrected chi connectivity index (χ4v) is 6.12. The Balaban J connectivity index is 2.31. The van der Waals surface area contributed by atoms with Gasteiger partial charge in [0.25, 0.3) is 0 Å². The van der Waals surface area contributed by atoms with Crippen LogP contribution in [0.15, 0.2) is 24.3 Å². The number of aliphatic hydroxyl groups excluding tert-OH is 4. The summed E-state index contributed by atoms with van der Waals surface area (Å²) >= 11 is 0. The van der Waals surface area contributed by atoms with Gasteiger partial charge in [-0.1, -0.05) is 147 Å². The third kappa shape index (κ3) is 24.8. The maximum atomic E-state index is 12.7. The molecule has 0 aromatic rings. The van der Waals surface area contributed by atoms with E-state index in [2.05, 4.69) is 38.2 Å². The predicted molar refractivity (Wildman–Crippen MR) is 201 cm³/mol. The molecule has 0 saturated carbocycles. The number of carbonyl (C=O) groups excluding carboxylic acids is 1. The van der Waals surface area contributed by atoms with E-state index in [1.807, 2.05) is 0 Å². The van der Waals surface area contributed by atoms with E-state index in [4.69, 9.17) is 18.9 Å². The molecule has 0 radical (unpaired) electrons. The molecular weight excluding hydrogens is 636 g/mol. The van der Waals surface area contributed by atoms with E-state index in [0.29, 0.717) is 13.0 Å². The quantitative estimate of drug-likeness (QED) is 0.0296. The molecule has 1 heterocycles. The molecule has 1 fully saturated rings. The van der Waals surface area contributed by atoms with E-state index in [1.54, 1.807) is 0 Å². The summed E-state index contributed by atoms with van der Waals surface area (Å²) in [5.41, 5.74) is 0. The Morgan fingerprint density at radius 1 is 0.640 bits per heavy atom. The lowest BCUT2D eigenvalue weighted by Crippen LogP contribution is -2.59. The fourth-order valence-electron chi connectivity index (χ4n) is 6.12. The second kappa shape index (κ2) is 33.5. The summed E-state index contributed by atoms with van der Waals surface area (Å²) in [6.07, 6.45) is 29.1. The Bertz CT molecular complexity index is 818. The van der Waals surface area contributed by atoms with Crippen molar-refractivity contribution in [2.75, 3.05) is 26.4 Å². The first-order chi connectivity index (χ1) is 24.4. The molecule has 1 aliphatic rings. The standard InChI is InChI=1S/C41H76O9/c1-3-5-7-9-11-13-15-17-19-21-23-25-27-29-31-47-33-35(34-48-41-40(46)39(45)38(44)36(32-42)50-41)49-37(43)30-28-26-24-22-20-18-16-14-12-10-8-6-4-2/h7,9,13,15,35-36,38-42,44-46H,3-6,8,10-12,14,16-34H2,1-2H3/b9-7-,15-13-. The molecule has 50 heavy (non-hydrogen) atoms. The lowest BCUT2D eigenvalue weighted by molar-refractivity contribution is -0.305. The first kappa shape index (κ1) is 46.7. The van der Waals surface area contributed by atoms with Gasteiger partial charge in [0, 0.05) is 13.0 Å². The lowest BCUT2D eigenvalue weighted by atomic mass is 9.99. The SMILES string of the molecule is CCC/C=C\C/C=C\CCCCCCCCOCC(COC1OC(CO)C(O)C(O)C1O)OC(=O)CCCCCCCCCCCCCCC. The second-order valence-electron chi connectivity index (χ2n) is 14.1. The number of ether oxygens (including phenoxy) is 4. The summed E-state index contributed by atoms with van der Waals surface area (Å²) in [6, 6.07) is 0. The van der Waals surface area contributed by atoms with Crippen molar-refractivity contribution in [1.29, 1.82) is 0 Å². The van der Waals surface area contributed by atoms with E-state index in [-0.39, 0.29) is 19.2 Å². The molecule has 4 N–H and O–H groups in total. The molecule has 0 bridgehead atoms. The van der Waals surface area contributed by atoms with Crippen LogP contribution < -0.4 is 0 Å². The number of esters is 1. The molecular formula is C41H76O9. The number of hydrogen-bond donors (Lipinski definition) is 4. The zero-order chi connectivity index (χ0) is 36.5. The maximum absolute atomic E-state index is 12.7. The average molecular weight is 713 g/mol. The van der Waals surface area contributed by atoms with Crippen molar-refractivity contribution in [3.8, 4) is 0 Å². The van der Waals surface area contributed by atoms with Crippen molar-refractivity contribution >= 4 is 5.97 Å². The fraction of sp³-hybridized carbons (Fsp3) is 0.878. The third-order valence-corrected chi connectivity index (χ3v) is 9.35. The first-order valence-corrected chi connectivity index (χ1v) is 20.4. The minimum absolute atomic E-state index is 0.115. The molecule has 0 aromatic carbocycles. The van der Waals surface area contributed by atoms with Crippen LogP contribution in [0.5, 0.6) is 0 Å². The van der Waals surface area contributed by atoms with Gasteiger partial charge in [0.1, 0.15) is 30.5 Å². The van der Waals surface area contributed by atoms with Crippen LogP contribution in [0.4, 0.5) is 0 Å². The highest BCUT2D eigenvalue weighted by atomic mass is 16.7. The summed E-state index contributed by atoms with van der Waals surface area (Å²) in [5, 5.41) is 40.0. The highest BCUT2D eigenvalue weighted by Crippen LogP contribution is 2.22. The minimum Gasteiger partial charge on any atom is -0.457 e. The molecule has 6 atom stereocenters. The largest absolute Gasteiger partial charge is 0.457 e. The van der Waals surface area contributed by atoms with Crippen LogP contribution in [0.1, 0.15) is 168 Å². The minimum atomic E-state index is -1.53. The van der Waals surface area contributed by atoms with Gasteiger partial charge < -0.3 is 39.4 Å². The average Bonchev–Trinajstić information content (AvgIpc) is 3.11. The topological polar surface area (TPSA) is 135 Å². The highest BCUT2D eigenvalue weighted by molar-refractivity contribution is 5.69. The van der Waals surface area contributed by atoms with Crippen LogP contribution in [-0.4, -0.2) is 89.6 Å². The molecule has 1 aliphatic heterocycles. The highest BCUT2D eigenvalue weighted by Gasteiger charge is 2.44. The Kier molecular flexibility index (Phi) is 31.3. The first-order valence-electron chi connectivity index (χ1n) is 20.4. The summed E-state index contributed by atoms with van der Waals surface area (Å²) in [4.78, 5) is 12.7. The Hall–Kier alpha value is -1.33. The van der Waals surface area contributed by atoms with Gasteiger partial charge in [0.2, 0.25) is 0 Å². The van der Waals surface area contributed by atoms with Gasteiger partial charge in [-0.25, -0.2) is 0 Å². The molecule has 6 unspecified atom stereocenters. The monoisotopic (exact) mass is 713 g/mol. The van der Waals surface area contributed by atoms with Crippen LogP contribution in [0.25, 0.3) is 0 Å². The third-order valence-electron chi connectivity index (χ3n) is 9.35. The predicted octanol–water partition coefficient (Wildman–Crippen LogP) is 8.25. The number of allylic oxidation sites excluding steroid dienone is 4. The maximum Gasteiger partial charge on any atom is 0.306 e. The molecule has 1 saturated heterocycles. The number of rotatable bonds is 34. The molecule has 1 rings (SSSR count). The Morgan fingerprint density at radius 3 is 1.80 bits per heavy atom. The Morgan fingerprint density at radius 2 is 1.20 bits per heavy atom. The number of carbonyl (C=O) groups is 1. The number of unbranched alkanes of at least 4 members (excludes halogenated alkanes) is 19. The van der Waals surface area contributed by atoms with Gasteiger partial charge in [-0.3, -0.25) is 4.79 Å². The van der Waals surface area contributed by atoms with E-state index in [0.717, 1.165) is 57.8 Å². The van der Waals surface area contributed by atoms with E-state index in [1.165, 1.54) is 89.9 Å². The Labute approximate surface area is 305 Å². The van der Waals surface area contributed by atoms with E-state index >= 15 is 0 Å². The van der Waals surface area contributed by atoms with Crippen molar-refractivity contribution in [3.05, 3.63) is 24.3 Å². The van der Waals surface area contributed by atoms with Gasteiger partial charge in [-0.15, -0.1) is 0 Å². The van der Waals surface area contributed by atoms with E-state index in [9.17, 15) is 25.2 Å². The van der Waals surface area contributed by atoms with Crippen LogP contribution in [0.2, 0.25) is 0 Å². The van der Waals surface area contributed by atoms with Gasteiger partial charge >= 0.3 is 5.97 Å². The van der Waals surface area contributed by atoms with Gasteiger partial charge in [0.05, 0.1) is 19.8 Å². The smallest absolute Gasteiger partial charge is 0.306 e. The number of aliphatic hydroxyl groups is 4. The van der Waals surface area contributed by atoms with E-state index < -0.39 is 43.4 Å². The normalized spacial score (nSPS) is 21.8. The summed E-state index contributed by atoms with van der Waals surface area (Å²) in [7, 11) is 0. The van der Waals surface area contributed by atoms with Gasteiger partial charge in [-0.05, 0) is 38.5 Å². The lowest BCUT2D eigenvalue weighted by Gasteiger charge is -2.39. The van der Waals surface area contributed by atoms with Crippen molar-refractivity contribution in [3.63, 3.8) is 0 Å². The van der Waals surface area contributed by atoms with Crippen molar-refractivity contribution in [1.82, 2.24) is 0 Å². The molecule has 0 aliphatic carbocycles. The molecule has 0 amide bonds. The number of hydrogen-bond acceptors (Lipinski definition) is 9. The van der Waals surface area contributed by atoms with Gasteiger partial charge in [0.15, 0.2) is 6.29 Å². The summed E-state index contributed by atoms with van der Waals surface area (Å²) in [5.74, 6) is -0.318. The van der Waals surface area contributed by atoms with Crippen LogP contribution >= 0.6 is 0 Å². The molecule has 0 spiro atoms. The molecule has 9 heteroatoms. The van der Waals surface area contributed by atoms with Crippen molar-refractivity contribution < 1.29 is 44.2 Å². The van der Waals surface area contributed by atoms with Crippen LogP contribution in [-0.2, 0) is 23.7 Å². The van der Waals surface area contributed by atoms with Gasteiger partial charge in [-0.2, -0.15) is 0 Å². The van der Waals surface area contributed by atoms with Crippen LogP contribution in [0.3, 0.4) is 0 Å².